The van der Waals surface area contributed by atoms with Crippen LogP contribution in [0.5, 0.6) is 0 Å². The molecule has 3 aromatic rings. The van der Waals surface area contributed by atoms with Crippen LogP contribution in [0.2, 0.25) is 0 Å². The lowest BCUT2D eigenvalue weighted by atomic mass is 9.55. The fourth-order valence-electron chi connectivity index (χ4n) is 5.19. The average molecular weight is 307 g/mol. The molecule has 2 bridgehead atoms. The summed E-state index contributed by atoms with van der Waals surface area (Å²) in [6.45, 7) is 0. The molecule has 3 aliphatic rings. The van der Waals surface area contributed by atoms with Gasteiger partial charge in [-0.05, 0) is 46.7 Å². The van der Waals surface area contributed by atoms with Crippen LogP contribution in [-0.2, 0) is 18.3 Å². The maximum Gasteiger partial charge on any atom is 0.0671 e. The zero-order chi connectivity index (χ0) is 15.7. The van der Waals surface area contributed by atoms with Gasteiger partial charge >= 0.3 is 0 Å². The summed E-state index contributed by atoms with van der Waals surface area (Å²) in [5.74, 6) is 0.312. The monoisotopic (exact) mass is 307 g/mol. The summed E-state index contributed by atoms with van der Waals surface area (Å²) in [6, 6.07) is 26.7. The minimum Gasteiger partial charge on any atom is -0.256 e. The summed E-state index contributed by atoms with van der Waals surface area (Å²) in [7, 11) is 0. The molecule has 0 fully saturated rings. The molecule has 1 nitrogen and oxygen atoms in total. The van der Waals surface area contributed by atoms with E-state index in [1.165, 1.54) is 39.2 Å². The summed E-state index contributed by atoms with van der Waals surface area (Å²) in [5.41, 5.74) is 9.93. The van der Waals surface area contributed by atoms with Crippen LogP contribution in [0.3, 0.4) is 0 Å². The third kappa shape index (κ3) is 1.39. The number of hydrogen-bond donors (Lipinski definition) is 0. The van der Waals surface area contributed by atoms with Gasteiger partial charge in [-0.3, -0.25) is 4.99 Å². The Morgan fingerprint density at radius 3 is 2.00 bits per heavy atom. The minimum absolute atomic E-state index is 0.0595. The van der Waals surface area contributed by atoms with Crippen molar-refractivity contribution in [3.05, 3.63) is 101 Å². The molecule has 0 N–H and O–H groups in total. The highest BCUT2D eigenvalue weighted by atomic mass is 14.9. The second-order valence-electron chi connectivity index (χ2n) is 7.28. The molecule has 0 saturated heterocycles. The van der Waals surface area contributed by atoms with Crippen LogP contribution >= 0.6 is 0 Å². The SMILES string of the molecule is c1ccc2c(c1)CC13Cc4ccccc4C2C1=Nc1ccccc13. The predicted octanol–water partition coefficient (Wildman–Crippen LogP) is 4.95. The zero-order valence-electron chi connectivity index (χ0n) is 13.4. The number of para-hydroxylation sites is 1. The van der Waals surface area contributed by atoms with Crippen molar-refractivity contribution in [2.45, 2.75) is 24.2 Å². The molecule has 1 heterocycles. The van der Waals surface area contributed by atoms with Gasteiger partial charge in [-0.15, -0.1) is 0 Å². The predicted molar refractivity (Wildman–Crippen MR) is 97.4 cm³/mol. The standard InChI is InChI=1S/C23H17N/c1-3-9-17-15(7-1)13-23-14-16-8-2-4-10-18(16)21(17)22(23)24-20-12-6-5-11-19(20)23/h1-12,21H,13-14H2. The Hall–Kier alpha value is -2.67. The third-order valence-corrected chi connectivity index (χ3v) is 6.14. The number of nitrogens with zero attached hydrogens (tertiary/aromatic N) is 1. The topological polar surface area (TPSA) is 12.4 Å². The molecule has 0 radical (unpaired) electrons. The van der Waals surface area contributed by atoms with Crippen molar-refractivity contribution >= 4 is 11.4 Å². The molecule has 3 aromatic carbocycles. The lowest BCUT2D eigenvalue weighted by molar-refractivity contribution is 0.524. The summed E-state index contributed by atoms with van der Waals surface area (Å²) < 4.78 is 0. The van der Waals surface area contributed by atoms with E-state index in [-0.39, 0.29) is 5.41 Å². The maximum absolute atomic E-state index is 5.16. The van der Waals surface area contributed by atoms with Crippen LogP contribution in [0.25, 0.3) is 0 Å². The van der Waals surface area contributed by atoms with Gasteiger partial charge in [-0.25, -0.2) is 0 Å². The molecule has 0 amide bonds. The van der Waals surface area contributed by atoms with Crippen molar-refractivity contribution in [3.8, 4) is 0 Å². The second-order valence-corrected chi connectivity index (χ2v) is 7.28. The van der Waals surface area contributed by atoms with Gasteiger partial charge in [0.25, 0.3) is 0 Å². The van der Waals surface area contributed by atoms with Crippen LogP contribution in [0.15, 0.2) is 77.8 Å². The van der Waals surface area contributed by atoms with E-state index in [4.69, 9.17) is 4.99 Å². The molecule has 0 unspecified atom stereocenters. The fourth-order valence-corrected chi connectivity index (χ4v) is 5.19. The van der Waals surface area contributed by atoms with E-state index in [1.54, 1.807) is 0 Å². The number of fused-ring (bicyclic) bond motifs is 5. The Labute approximate surface area is 141 Å². The molecule has 1 heteroatoms. The molecular weight excluding hydrogens is 290 g/mol. The van der Waals surface area contributed by atoms with Crippen molar-refractivity contribution in [3.63, 3.8) is 0 Å². The van der Waals surface area contributed by atoms with Crippen molar-refractivity contribution in [1.29, 1.82) is 0 Å². The summed E-state index contributed by atoms with van der Waals surface area (Å²) in [6.07, 6.45) is 2.15. The first kappa shape index (κ1) is 12.7. The van der Waals surface area contributed by atoms with E-state index >= 15 is 0 Å². The summed E-state index contributed by atoms with van der Waals surface area (Å²) >= 11 is 0. The fraction of sp³-hybridized carbons (Fsp3) is 0.174. The highest BCUT2D eigenvalue weighted by Crippen LogP contribution is 2.56. The van der Waals surface area contributed by atoms with Crippen LogP contribution in [0, 0.1) is 0 Å². The second kappa shape index (κ2) is 4.24. The maximum atomic E-state index is 5.16. The van der Waals surface area contributed by atoms with Crippen LogP contribution < -0.4 is 0 Å². The first-order chi connectivity index (χ1) is 11.9. The Balaban J connectivity index is 1.74. The smallest absolute Gasteiger partial charge is 0.0671 e. The van der Waals surface area contributed by atoms with Crippen molar-refractivity contribution in [2.24, 2.45) is 4.99 Å². The van der Waals surface area contributed by atoms with Crippen LogP contribution in [-0.4, -0.2) is 5.71 Å². The van der Waals surface area contributed by atoms with Gasteiger partial charge in [0.05, 0.1) is 5.69 Å². The number of hydrogen-bond acceptors (Lipinski definition) is 1. The summed E-state index contributed by atoms with van der Waals surface area (Å²) in [5, 5.41) is 0. The zero-order valence-corrected chi connectivity index (χ0v) is 13.4. The van der Waals surface area contributed by atoms with Gasteiger partial charge in [0.2, 0.25) is 0 Å². The van der Waals surface area contributed by atoms with Gasteiger partial charge in [-0.1, -0.05) is 66.7 Å². The molecule has 0 atom stereocenters. The van der Waals surface area contributed by atoms with E-state index in [2.05, 4.69) is 72.8 Å². The highest BCUT2D eigenvalue weighted by molar-refractivity contribution is 6.10. The third-order valence-electron chi connectivity index (χ3n) is 6.14. The lowest BCUT2D eigenvalue weighted by Gasteiger charge is -2.46. The molecule has 114 valence electrons. The molecule has 0 aromatic heterocycles. The molecule has 0 spiro atoms. The van der Waals surface area contributed by atoms with Crippen molar-refractivity contribution in [1.82, 2.24) is 0 Å². The first-order valence-electron chi connectivity index (χ1n) is 8.71. The average Bonchev–Trinajstić information content (AvgIpc) is 2.95. The van der Waals surface area contributed by atoms with Gasteiger partial charge in [0.1, 0.15) is 0 Å². The largest absolute Gasteiger partial charge is 0.256 e. The van der Waals surface area contributed by atoms with E-state index < -0.39 is 0 Å². The van der Waals surface area contributed by atoms with E-state index in [9.17, 15) is 0 Å². The summed E-state index contributed by atoms with van der Waals surface area (Å²) in [4.78, 5) is 5.16. The molecule has 2 aliphatic carbocycles. The number of aliphatic imine (C=N–C) groups is 1. The Kier molecular flexibility index (Phi) is 2.25. The van der Waals surface area contributed by atoms with Gasteiger partial charge < -0.3 is 0 Å². The molecular formula is C23H17N. The normalized spacial score (nSPS) is 25.2. The van der Waals surface area contributed by atoms with Gasteiger partial charge in [0, 0.05) is 17.0 Å². The van der Waals surface area contributed by atoms with Gasteiger partial charge in [-0.2, -0.15) is 0 Å². The van der Waals surface area contributed by atoms with E-state index in [0.29, 0.717) is 5.92 Å². The minimum atomic E-state index is 0.0595. The number of benzene rings is 3. The van der Waals surface area contributed by atoms with Crippen molar-refractivity contribution in [2.75, 3.05) is 0 Å². The molecule has 6 rings (SSSR count). The van der Waals surface area contributed by atoms with Crippen molar-refractivity contribution < 1.29 is 0 Å². The quantitative estimate of drug-likeness (QED) is 0.557. The Morgan fingerprint density at radius 2 is 1.29 bits per heavy atom. The number of rotatable bonds is 0. The lowest BCUT2D eigenvalue weighted by Crippen LogP contribution is -2.48. The first-order valence-corrected chi connectivity index (χ1v) is 8.71. The molecule has 0 saturated carbocycles. The van der Waals surface area contributed by atoms with Crippen LogP contribution in [0.4, 0.5) is 5.69 Å². The van der Waals surface area contributed by atoms with Crippen LogP contribution in [0.1, 0.15) is 33.7 Å². The molecule has 1 aliphatic heterocycles. The molecule has 24 heavy (non-hydrogen) atoms. The van der Waals surface area contributed by atoms with E-state index in [1.807, 2.05) is 0 Å². The Morgan fingerprint density at radius 1 is 0.708 bits per heavy atom. The van der Waals surface area contributed by atoms with Gasteiger partial charge in [0.15, 0.2) is 0 Å². The highest BCUT2D eigenvalue weighted by Gasteiger charge is 2.53. The van der Waals surface area contributed by atoms with E-state index in [0.717, 1.165) is 12.8 Å². The Bertz CT molecular complexity index is 978.